The fraction of sp³-hybridized carbons (Fsp3) is 0.444. The van der Waals surface area contributed by atoms with Gasteiger partial charge in [0.15, 0.2) is 5.82 Å². The molecule has 1 aliphatic carbocycles. The number of fused-ring (bicyclic) bond motifs is 1. The molecule has 1 aromatic heterocycles. The van der Waals surface area contributed by atoms with Crippen molar-refractivity contribution in [2.45, 2.75) is 46.1 Å². The number of benzene rings is 1. The summed E-state index contributed by atoms with van der Waals surface area (Å²) in [6.45, 7) is 7.40. The van der Waals surface area contributed by atoms with Crippen LogP contribution in [0.15, 0.2) is 24.4 Å². The van der Waals surface area contributed by atoms with Gasteiger partial charge in [0.1, 0.15) is 0 Å². The number of nitrogens with zero attached hydrogens (tertiary/aromatic N) is 2. The Morgan fingerprint density at radius 3 is 2.71 bits per heavy atom. The summed E-state index contributed by atoms with van der Waals surface area (Å²) in [5.41, 5.74) is 6.19. The highest BCUT2D eigenvalue weighted by Gasteiger charge is 2.22. The fourth-order valence-electron chi connectivity index (χ4n) is 3.29. The van der Waals surface area contributed by atoms with Crippen molar-refractivity contribution in [1.82, 2.24) is 15.3 Å². The lowest BCUT2D eigenvalue weighted by Crippen LogP contribution is -2.26. The highest BCUT2D eigenvalue weighted by Crippen LogP contribution is 2.31. The Hall–Kier alpha value is -1.74. The van der Waals surface area contributed by atoms with Crippen molar-refractivity contribution in [1.29, 1.82) is 0 Å². The van der Waals surface area contributed by atoms with Gasteiger partial charge in [-0.3, -0.25) is 0 Å². The van der Waals surface area contributed by atoms with Gasteiger partial charge in [-0.2, -0.15) is 0 Å². The van der Waals surface area contributed by atoms with Crippen molar-refractivity contribution in [3.05, 3.63) is 46.8 Å². The predicted molar refractivity (Wildman–Crippen MR) is 86.3 cm³/mol. The molecule has 0 spiro atoms. The highest BCUT2D eigenvalue weighted by atomic mass is 14.9. The van der Waals surface area contributed by atoms with Gasteiger partial charge in [0, 0.05) is 29.1 Å². The lowest BCUT2D eigenvalue weighted by molar-refractivity contribution is 0.464. The summed E-state index contributed by atoms with van der Waals surface area (Å²) in [5, 5.41) is 3.54. The molecule has 21 heavy (non-hydrogen) atoms. The van der Waals surface area contributed by atoms with Crippen LogP contribution in [0.1, 0.15) is 48.2 Å². The second kappa shape index (κ2) is 5.94. The molecule has 0 saturated carbocycles. The zero-order valence-electron chi connectivity index (χ0n) is 13.1. The molecular formula is C18H23N3. The fourth-order valence-corrected chi connectivity index (χ4v) is 3.29. The molecule has 0 bridgehead atoms. The third kappa shape index (κ3) is 2.70. The number of nitrogens with one attached hydrogen (secondary N) is 1. The maximum atomic E-state index is 4.89. The Labute approximate surface area is 126 Å². The SMILES string of the molecule is CCNC1CCCc2nc(-c3c(C)cccc3C)ncc21. The van der Waals surface area contributed by atoms with E-state index in [2.05, 4.69) is 49.3 Å². The largest absolute Gasteiger partial charge is 0.310 e. The molecule has 1 aromatic carbocycles. The van der Waals surface area contributed by atoms with Crippen molar-refractivity contribution in [2.75, 3.05) is 6.54 Å². The van der Waals surface area contributed by atoms with Crippen molar-refractivity contribution in [3.63, 3.8) is 0 Å². The van der Waals surface area contributed by atoms with E-state index in [1.807, 2.05) is 6.20 Å². The number of aryl methyl sites for hydroxylation is 3. The van der Waals surface area contributed by atoms with E-state index in [0.717, 1.165) is 18.8 Å². The molecule has 1 N–H and O–H groups in total. The van der Waals surface area contributed by atoms with Crippen molar-refractivity contribution in [3.8, 4) is 11.4 Å². The van der Waals surface area contributed by atoms with Crippen LogP contribution in [0.4, 0.5) is 0 Å². The summed E-state index contributed by atoms with van der Waals surface area (Å²) in [4.78, 5) is 9.55. The van der Waals surface area contributed by atoms with Gasteiger partial charge in [-0.05, 0) is 50.8 Å². The molecular weight excluding hydrogens is 258 g/mol. The van der Waals surface area contributed by atoms with E-state index in [0.29, 0.717) is 6.04 Å². The first-order valence-corrected chi connectivity index (χ1v) is 7.86. The van der Waals surface area contributed by atoms with Crippen LogP contribution in [0.2, 0.25) is 0 Å². The van der Waals surface area contributed by atoms with Crippen molar-refractivity contribution >= 4 is 0 Å². The van der Waals surface area contributed by atoms with Crippen LogP contribution in [0.3, 0.4) is 0 Å². The maximum absolute atomic E-state index is 4.89. The summed E-state index contributed by atoms with van der Waals surface area (Å²) < 4.78 is 0. The van der Waals surface area contributed by atoms with E-state index < -0.39 is 0 Å². The predicted octanol–water partition coefficient (Wildman–Crippen LogP) is 3.75. The van der Waals surface area contributed by atoms with E-state index in [-0.39, 0.29) is 0 Å². The molecule has 0 saturated heterocycles. The molecule has 1 atom stereocenters. The molecule has 0 fully saturated rings. The smallest absolute Gasteiger partial charge is 0.159 e. The van der Waals surface area contributed by atoms with Crippen LogP contribution in [-0.2, 0) is 6.42 Å². The Bertz CT molecular complexity index is 629. The van der Waals surface area contributed by atoms with Gasteiger partial charge in [0.25, 0.3) is 0 Å². The highest BCUT2D eigenvalue weighted by molar-refractivity contribution is 5.64. The zero-order chi connectivity index (χ0) is 14.8. The van der Waals surface area contributed by atoms with Gasteiger partial charge in [-0.25, -0.2) is 9.97 Å². The van der Waals surface area contributed by atoms with E-state index in [4.69, 9.17) is 4.98 Å². The van der Waals surface area contributed by atoms with Gasteiger partial charge >= 0.3 is 0 Å². The zero-order valence-corrected chi connectivity index (χ0v) is 13.1. The molecule has 3 nitrogen and oxygen atoms in total. The van der Waals surface area contributed by atoms with Gasteiger partial charge in [-0.15, -0.1) is 0 Å². The quantitative estimate of drug-likeness (QED) is 0.931. The van der Waals surface area contributed by atoms with Gasteiger partial charge < -0.3 is 5.32 Å². The second-order valence-electron chi connectivity index (χ2n) is 5.86. The first-order valence-electron chi connectivity index (χ1n) is 7.86. The van der Waals surface area contributed by atoms with E-state index in [1.54, 1.807) is 0 Å². The molecule has 3 rings (SSSR count). The summed E-state index contributed by atoms with van der Waals surface area (Å²) in [5.74, 6) is 0.876. The van der Waals surface area contributed by atoms with Crippen LogP contribution >= 0.6 is 0 Å². The van der Waals surface area contributed by atoms with Crippen molar-refractivity contribution in [2.24, 2.45) is 0 Å². The topological polar surface area (TPSA) is 37.8 Å². The minimum absolute atomic E-state index is 0.422. The van der Waals surface area contributed by atoms with Crippen LogP contribution in [0.5, 0.6) is 0 Å². The molecule has 1 heterocycles. The van der Waals surface area contributed by atoms with Gasteiger partial charge in [0.2, 0.25) is 0 Å². The van der Waals surface area contributed by atoms with Gasteiger partial charge in [0.05, 0.1) is 0 Å². The standard InChI is InChI=1S/C18H23N3/c1-4-19-15-9-6-10-16-14(15)11-20-18(21-16)17-12(2)7-5-8-13(17)3/h5,7-8,11,15,19H,4,6,9-10H2,1-3H3. The summed E-state index contributed by atoms with van der Waals surface area (Å²) in [7, 11) is 0. The summed E-state index contributed by atoms with van der Waals surface area (Å²) in [6, 6.07) is 6.78. The number of rotatable bonds is 3. The monoisotopic (exact) mass is 281 g/mol. The minimum Gasteiger partial charge on any atom is -0.310 e. The molecule has 0 aliphatic heterocycles. The molecule has 2 aromatic rings. The molecule has 1 aliphatic rings. The second-order valence-corrected chi connectivity index (χ2v) is 5.86. The van der Waals surface area contributed by atoms with Crippen LogP contribution in [0.25, 0.3) is 11.4 Å². The maximum Gasteiger partial charge on any atom is 0.159 e. The lowest BCUT2D eigenvalue weighted by atomic mass is 9.92. The first-order chi connectivity index (χ1) is 10.2. The normalized spacial score (nSPS) is 17.6. The third-order valence-electron chi connectivity index (χ3n) is 4.34. The van der Waals surface area contributed by atoms with Gasteiger partial charge in [-0.1, -0.05) is 25.1 Å². The Kier molecular flexibility index (Phi) is 4.02. The average molecular weight is 281 g/mol. The van der Waals surface area contributed by atoms with Crippen LogP contribution < -0.4 is 5.32 Å². The van der Waals surface area contributed by atoms with E-state index >= 15 is 0 Å². The molecule has 1 unspecified atom stereocenters. The molecule has 0 amide bonds. The number of aromatic nitrogens is 2. The lowest BCUT2D eigenvalue weighted by Gasteiger charge is -2.25. The average Bonchev–Trinajstić information content (AvgIpc) is 2.47. The Balaban J connectivity index is 2.04. The number of hydrogen-bond donors (Lipinski definition) is 1. The number of hydrogen-bond acceptors (Lipinski definition) is 3. The molecule has 110 valence electrons. The summed E-state index contributed by atoms with van der Waals surface area (Å²) in [6.07, 6.45) is 5.49. The Morgan fingerprint density at radius 1 is 1.24 bits per heavy atom. The van der Waals surface area contributed by atoms with E-state index in [1.165, 1.54) is 40.8 Å². The van der Waals surface area contributed by atoms with Crippen LogP contribution in [-0.4, -0.2) is 16.5 Å². The minimum atomic E-state index is 0.422. The van der Waals surface area contributed by atoms with Crippen molar-refractivity contribution < 1.29 is 0 Å². The van der Waals surface area contributed by atoms with Crippen LogP contribution in [0, 0.1) is 13.8 Å². The third-order valence-corrected chi connectivity index (χ3v) is 4.34. The Morgan fingerprint density at radius 2 is 2.00 bits per heavy atom. The summed E-state index contributed by atoms with van der Waals surface area (Å²) >= 11 is 0. The van der Waals surface area contributed by atoms with E-state index in [9.17, 15) is 0 Å². The first kappa shape index (κ1) is 14.2. The molecule has 3 heteroatoms. The molecule has 0 radical (unpaired) electrons.